The molecule has 3 unspecified atom stereocenters. The van der Waals surface area contributed by atoms with Crippen molar-refractivity contribution in [3.05, 3.63) is 40.4 Å². The molecular formula is C25H29N3O7S. The van der Waals surface area contributed by atoms with Crippen molar-refractivity contribution in [2.75, 3.05) is 11.9 Å². The zero-order chi connectivity index (χ0) is 26.5. The van der Waals surface area contributed by atoms with Gasteiger partial charge in [0.05, 0.1) is 40.5 Å². The predicted octanol–water partition coefficient (Wildman–Crippen LogP) is 0.510. The summed E-state index contributed by atoms with van der Waals surface area (Å²) in [5.41, 5.74) is 1.22. The Kier molecular flexibility index (Phi) is 6.98. The Hall–Kier alpha value is -3.18. The van der Waals surface area contributed by atoms with E-state index in [-0.39, 0.29) is 28.3 Å². The van der Waals surface area contributed by atoms with E-state index in [1.807, 2.05) is 25.3 Å². The minimum Gasteiger partial charge on any atom is -0.543 e. The van der Waals surface area contributed by atoms with E-state index in [1.54, 1.807) is 12.1 Å². The lowest BCUT2D eigenvalue weighted by atomic mass is 9.79. The molecule has 10 nitrogen and oxygen atoms in total. The molecule has 11 heteroatoms. The van der Waals surface area contributed by atoms with Gasteiger partial charge in [0.15, 0.2) is 6.54 Å². The normalized spacial score (nSPS) is 28.0. The topological polar surface area (TPSA) is 150 Å². The van der Waals surface area contributed by atoms with Crippen molar-refractivity contribution in [2.45, 2.75) is 57.6 Å². The van der Waals surface area contributed by atoms with E-state index in [9.17, 15) is 34.5 Å². The highest BCUT2D eigenvalue weighted by Crippen LogP contribution is 2.51. The van der Waals surface area contributed by atoms with Gasteiger partial charge in [0, 0.05) is 36.8 Å². The number of fused-ring (bicyclic) bond motifs is 1. The van der Waals surface area contributed by atoms with Gasteiger partial charge in [0.1, 0.15) is 5.71 Å². The highest BCUT2D eigenvalue weighted by Gasteiger charge is 2.59. The molecule has 0 bridgehead atoms. The van der Waals surface area contributed by atoms with Crippen LogP contribution in [0.2, 0.25) is 0 Å². The molecule has 2 fully saturated rings. The number of aliphatic hydroxyl groups excluding tert-OH is 1. The molecule has 4 rings (SSSR count). The lowest BCUT2D eigenvalue weighted by molar-refractivity contribution is -0.530. The fraction of sp³-hybridized carbons (Fsp3) is 0.480. The zero-order valence-corrected chi connectivity index (χ0v) is 21.2. The van der Waals surface area contributed by atoms with Gasteiger partial charge in [0.2, 0.25) is 11.9 Å². The molecule has 2 saturated heterocycles. The third-order valence-corrected chi connectivity index (χ3v) is 8.61. The third-order valence-electron chi connectivity index (χ3n) is 7.11. The molecule has 192 valence electrons. The van der Waals surface area contributed by atoms with Gasteiger partial charge in [-0.3, -0.25) is 9.59 Å². The lowest BCUT2D eigenvalue weighted by Crippen LogP contribution is -2.64. The number of carbonyl (C=O) groups excluding carboxylic acids is 3. The van der Waals surface area contributed by atoms with Crippen molar-refractivity contribution in [1.82, 2.24) is 4.90 Å². The Morgan fingerprint density at radius 1 is 1.28 bits per heavy atom. The van der Waals surface area contributed by atoms with Gasteiger partial charge >= 0.3 is 5.97 Å². The largest absolute Gasteiger partial charge is 0.543 e. The second-order valence-electron chi connectivity index (χ2n) is 9.72. The summed E-state index contributed by atoms with van der Waals surface area (Å²) in [6.45, 7) is 7.65. The van der Waals surface area contributed by atoms with Crippen molar-refractivity contribution in [1.29, 1.82) is 0 Å². The number of rotatable bonds is 7. The number of aliphatic carboxylic acids is 1. The number of hydrogen-bond acceptors (Lipinski definition) is 7. The summed E-state index contributed by atoms with van der Waals surface area (Å²) < 4.78 is 1.95. The van der Waals surface area contributed by atoms with E-state index in [0.717, 1.165) is 5.71 Å². The molecule has 1 aromatic carbocycles. The molecule has 3 aliphatic heterocycles. The van der Waals surface area contributed by atoms with E-state index in [1.165, 1.54) is 35.7 Å². The number of hydrogen-bond donors (Lipinski definition) is 3. The van der Waals surface area contributed by atoms with Gasteiger partial charge in [-0.05, 0) is 25.1 Å². The minimum absolute atomic E-state index is 0.0643. The van der Waals surface area contributed by atoms with Gasteiger partial charge < -0.3 is 30.3 Å². The van der Waals surface area contributed by atoms with Crippen LogP contribution in [0.4, 0.5) is 5.69 Å². The van der Waals surface area contributed by atoms with Gasteiger partial charge in [-0.15, -0.1) is 11.8 Å². The molecule has 36 heavy (non-hydrogen) atoms. The van der Waals surface area contributed by atoms with Crippen molar-refractivity contribution < 1.29 is 39.1 Å². The molecule has 3 aliphatic rings. The summed E-state index contributed by atoms with van der Waals surface area (Å²) in [5, 5.41) is 33.9. The fourth-order valence-electron chi connectivity index (χ4n) is 5.43. The summed E-state index contributed by atoms with van der Waals surface area (Å²) in [5.74, 6) is -4.16. The maximum Gasteiger partial charge on any atom is 0.335 e. The monoisotopic (exact) mass is 515 g/mol. The quantitative estimate of drug-likeness (QED) is 0.351. The summed E-state index contributed by atoms with van der Waals surface area (Å²) in [6.07, 6.45) is -0.462. The van der Waals surface area contributed by atoms with E-state index in [0.29, 0.717) is 23.6 Å². The molecule has 0 saturated carbocycles. The number of aromatic carboxylic acids is 1. The first-order valence-corrected chi connectivity index (χ1v) is 12.6. The van der Waals surface area contributed by atoms with Crippen LogP contribution in [-0.2, 0) is 14.4 Å². The van der Waals surface area contributed by atoms with Crippen molar-refractivity contribution in [3.63, 3.8) is 0 Å². The van der Waals surface area contributed by atoms with Crippen LogP contribution in [0, 0.1) is 11.8 Å². The SMILES string of the molecule is CC(C)=[N+]1CC(SC2=C(C(=O)[O-])N3C(=O)[C@H](C(C)O)[C@H]3[C@H]2C)CC1C(=O)Nc1cccc(C(=O)O)c1. The molecule has 6 atom stereocenters. The number of β-lactam (4-membered cyclic amide) rings is 1. The summed E-state index contributed by atoms with van der Waals surface area (Å²) in [4.78, 5) is 50.8. The molecule has 3 N–H and O–H groups in total. The van der Waals surface area contributed by atoms with Crippen LogP contribution in [0.25, 0.3) is 0 Å². The first-order chi connectivity index (χ1) is 16.9. The highest BCUT2D eigenvalue weighted by molar-refractivity contribution is 8.03. The second kappa shape index (κ2) is 9.70. The fourth-order valence-corrected chi connectivity index (χ4v) is 6.95. The highest BCUT2D eigenvalue weighted by atomic mass is 32.2. The molecule has 0 radical (unpaired) electrons. The van der Waals surface area contributed by atoms with Crippen LogP contribution in [0.3, 0.4) is 0 Å². The number of carboxylic acid groups (broad SMARTS) is 2. The molecule has 0 aliphatic carbocycles. The first kappa shape index (κ1) is 25.9. The maximum absolute atomic E-state index is 13.2. The Balaban J connectivity index is 1.55. The molecule has 0 spiro atoms. The maximum atomic E-state index is 13.2. The Bertz CT molecular complexity index is 1200. The van der Waals surface area contributed by atoms with Gasteiger partial charge in [-0.25, -0.2) is 9.37 Å². The van der Waals surface area contributed by atoms with Crippen LogP contribution in [0.5, 0.6) is 0 Å². The summed E-state index contributed by atoms with van der Waals surface area (Å²) >= 11 is 1.35. The molecule has 2 amide bonds. The standard InChI is InChI=1S/C25H29N3O7S/c1-11(2)27-10-16(9-17(27)22(30)26-15-7-5-6-14(8-15)24(32)33)36-21-12(3)19-18(13(4)29)23(31)28(19)20(21)25(34)35/h5-8,12-13,16-19,29H,9-10H2,1-4H3,(H2-,26,30,32,33,34,35)/t12-,13?,16?,17?,18-,19-/m1/s1. The van der Waals surface area contributed by atoms with Crippen LogP contribution in [0.15, 0.2) is 34.9 Å². The van der Waals surface area contributed by atoms with Gasteiger partial charge in [0.25, 0.3) is 5.91 Å². The lowest BCUT2D eigenvalue weighted by Gasteiger charge is -2.47. The molecule has 0 aromatic heterocycles. The number of thioether (sulfide) groups is 1. The number of anilines is 1. The number of carbonyl (C=O) groups is 4. The molecule has 1 aromatic rings. The van der Waals surface area contributed by atoms with E-state index >= 15 is 0 Å². The summed E-state index contributed by atoms with van der Waals surface area (Å²) in [6, 6.07) is 5.06. The zero-order valence-electron chi connectivity index (χ0n) is 20.4. The van der Waals surface area contributed by atoms with E-state index in [2.05, 4.69) is 5.32 Å². The number of benzene rings is 1. The number of carboxylic acids is 2. The first-order valence-electron chi connectivity index (χ1n) is 11.8. The smallest absolute Gasteiger partial charge is 0.335 e. The predicted molar refractivity (Wildman–Crippen MR) is 130 cm³/mol. The average molecular weight is 516 g/mol. The number of nitrogens with one attached hydrogen (secondary N) is 1. The average Bonchev–Trinajstić information content (AvgIpc) is 3.32. The van der Waals surface area contributed by atoms with E-state index < -0.39 is 42.0 Å². The van der Waals surface area contributed by atoms with Crippen molar-refractivity contribution in [3.8, 4) is 0 Å². The van der Waals surface area contributed by atoms with Crippen LogP contribution in [0.1, 0.15) is 44.5 Å². The Morgan fingerprint density at radius 2 is 1.97 bits per heavy atom. The summed E-state index contributed by atoms with van der Waals surface area (Å²) in [7, 11) is 0. The number of nitrogens with zero attached hydrogens (tertiary/aromatic N) is 2. The number of aliphatic hydroxyl groups is 1. The van der Waals surface area contributed by atoms with Crippen molar-refractivity contribution in [2.24, 2.45) is 11.8 Å². The van der Waals surface area contributed by atoms with Crippen LogP contribution < -0.4 is 10.4 Å². The van der Waals surface area contributed by atoms with Gasteiger partial charge in [-0.1, -0.05) is 13.0 Å². The third kappa shape index (κ3) is 4.41. The van der Waals surface area contributed by atoms with Gasteiger partial charge in [-0.2, -0.15) is 0 Å². The van der Waals surface area contributed by atoms with E-state index in [4.69, 9.17) is 0 Å². The van der Waals surface area contributed by atoms with Crippen molar-refractivity contribution >= 4 is 46.9 Å². The van der Waals surface area contributed by atoms with Crippen LogP contribution in [-0.4, -0.2) is 79.1 Å². The van der Waals surface area contributed by atoms with Crippen LogP contribution >= 0.6 is 11.8 Å². The second-order valence-corrected chi connectivity index (χ2v) is 11.1. The Labute approximate surface area is 212 Å². The molecule has 3 heterocycles. The minimum atomic E-state index is -1.43. The number of amides is 2. The molecular weight excluding hydrogens is 486 g/mol. The Morgan fingerprint density at radius 3 is 2.56 bits per heavy atom.